The van der Waals surface area contributed by atoms with E-state index in [0.29, 0.717) is 5.92 Å². The molecule has 2 aliphatic rings. The van der Waals surface area contributed by atoms with Crippen molar-refractivity contribution in [1.29, 1.82) is 0 Å². The third kappa shape index (κ3) is 5.36. The second kappa shape index (κ2) is 9.09. The molecule has 0 unspecified atom stereocenters. The van der Waals surface area contributed by atoms with Crippen LogP contribution < -0.4 is 0 Å². The highest BCUT2D eigenvalue weighted by Crippen LogP contribution is 2.35. The van der Waals surface area contributed by atoms with Crippen LogP contribution >= 0.6 is 0 Å². The summed E-state index contributed by atoms with van der Waals surface area (Å²) in [7, 11) is 0. The first-order chi connectivity index (χ1) is 11.1. The number of carbonyl (C=O) groups is 2. The molecule has 0 spiro atoms. The highest BCUT2D eigenvalue weighted by molar-refractivity contribution is 5.79. The lowest BCUT2D eigenvalue weighted by atomic mass is 9.88. The summed E-state index contributed by atoms with van der Waals surface area (Å²) in [5.41, 5.74) is 0. The smallest absolute Gasteiger partial charge is 0.307 e. The van der Waals surface area contributed by atoms with E-state index in [1.54, 1.807) is 0 Å². The third-order valence-corrected chi connectivity index (χ3v) is 5.53. The number of esters is 1. The maximum atomic E-state index is 12.2. The molecular formula is C19H30O4. The number of carboxylic acid groups (broad SMARTS) is 1. The zero-order valence-corrected chi connectivity index (χ0v) is 14.0. The molecule has 0 radical (unpaired) electrons. The number of carboxylic acids is 1. The maximum Gasteiger partial charge on any atom is 0.307 e. The molecule has 0 amide bonds. The second-order valence-electron chi connectivity index (χ2n) is 7.13. The molecule has 0 aromatic rings. The van der Waals surface area contributed by atoms with Crippen molar-refractivity contribution >= 4 is 11.9 Å². The molecule has 0 bridgehead atoms. The molecule has 3 atom stereocenters. The number of allylic oxidation sites excluding steroid dienone is 1. The molecule has 2 saturated carbocycles. The van der Waals surface area contributed by atoms with Gasteiger partial charge in [-0.3, -0.25) is 9.59 Å². The van der Waals surface area contributed by atoms with E-state index in [2.05, 4.69) is 6.58 Å². The summed E-state index contributed by atoms with van der Waals surface area (Å²) >= 11 is 0. The zero-order valence-electron chi connectivity index (χ0n) is 14.0. The first-order valence-corrected chi connectivity index (χ1v) is 9.15. The number of hydrogen-bond donors (Lipinski definition) is 1. The fraction of sp³-hybridized carbons (Fsp3) is 0.789. The number of unbranched alkanes of at least 4 members (excludes halogenated alkanes) is 1. The molecule has 1 N–H and O–H groups in total. The Hall–Kier alpha value is -1.32. The Labute approximate surface area is 139 Å². The minimum atomic E-state index is -0.845. The normalized spacial score (nSPS) is 26.1. The van der Waals surface area contributed by atoms with Gasteiger partial charge in [0.15, 0.2) is 0 Å². The van der Waals surface area contributed by atoms with Gasteiger partial charge in [0.25, 0.3) is 0 Å². The molecule has 2 fully saturated rings. The molecule has 130 valence electrons. The van der Waals surface area contributed by atoms with Crippen LogP contribution in [0.5, 0.6) is 0 Å². The largest absolute Gasteiger partial charge is 0.481 e. The van der Waals surface area contributed by atoms with E-state index in [1.165, 1.54) is 0 Å². The molecule has 2 aliphatic carbocycles. The fourth-order valence-electron chi connectivity index (χ4n) is 4.22. The summed E-state index contributed by atoms with van der Waals surface area (Å²) in [6.07, 6.45) is 12.3. The van der Waals surface area contributed by atoms with Crippen LogP contribution in [-0.2, 0) is 14.3 Å². The summed E-state index contributed by atoms with van der Waals surface area (Å²) in [6.45, 7) is 3.74. The van der Waals surface area contributed by atoms with E-state index >= 15 is 0 Å². The van der Waals surface area contributed by atoms with E-state index in [1.807, 2.05) is 6.08 Å². The molecule has 0 aromatic heterocycles. The van der Waals surface area contributed by atoms with E-state index in [4.69, 9.17) is 4.74 Å². The van der Waals surface area contributed by atoms with Crippen LogP contribution in [0.2, 0.25) is 0 Å². The number of carbonyl (C=O) groups excluding carboxylic acids is 1. The Bertz CT molecular complexity index is 412. The molecule has 4 nitrogen and oxygen atoms in total. The van der Waals surface area contributed by atoms with E-state index in [9.17, 15) is 14.7 Å². The molecule has 0 aliphatic heterocycles. The number of ether oxygens (including phenoxy) is 1. The van der Waals surface area contributed by atoms with E-state index in [0.717, 1.165) is 64.2 Å². The predicted octanol–water partition coefficient (Wildman–Crippen LogP) is 4.34. The van der Waals surface area contributed by atoms with Gasteiger partial charge in [-0.05, 0) is 63.2 Å². The van der Waals surface area contributed by atoms with Crippen LogP contribution in [0, 0.1) is 17.8 Å². The summed E-state index contributed by atoms with van der Waals surface area (Å²) in [5, 5.41) is 9.42. The quantitative estimate of drug-likeness (QED) is 0.390. The first kappa shape index (κ1) is 18.0. The molecule has 2 rings (SSSR count). The Morgan fingerprint density at radius 1 is 1.17 bits per heavy atom. The number of rotatable bonds is 9. The van der Waals surface area contributed by atoms with Crippen LogP contribution in [0.25, 0.3) is 0 Å². The van der Waals surface area contributed by atoms with Crippen molar-refractivity contribution in [3.05, 3.63) is 12.7 Å². The predicted molar refractivity (Wildman–Crippen MR) is 89.0 cm³/mol. The highest BCUT2D eigenvalue weighted by atomic mass is 16.5. The van der Waals surface area contributed by atoms with Gasteiger partial charge >= 0.3 is 11.9 Å². The van der Waals surface area contributed by atoms with Gasteiger partial charge in [0, 0.05) is 0 Å². The summed E-state index contributed by atoms with van der Waals surface area (Å²) < 4.78 is 5.67. The Morgan fingerprint density at radius 2 is 1.91 bits per heavy atom. The van der Waals surface area contributed by atoms with Crippen molar-refractivity contribution < 1.29 is 19.4 Å². The van der Waals surface area contributed by atoms with Gasteiger partial charge < -0.3 is 9.84 Å². The number of aliphatic carboxylic acids is 1. The van der Waals surface area contributed by atoms with Gasteiger partial charge in [-0.1, -0.05) is 18.9 Å². The summed E-state index contributed by atoms with van der Waals surface area (Å²) in [5.74, 6) is -1.14. The van der Waals surface area contributed by atoms with Gasteiger partial charge in [0.1, 0.15) is 6.10 Å². The average molecular weight is 322 g/mol. The van der Waals surface area contributed by atoms with Crippen LogP contribution in [0.3, 0.4) is 0 Å². The van der Waals surface area contributed by atoms with Crippen LogP contribution in [0.4, 0.5) is 0 Å². The number of hydrogen-bond acceptors (Lipinski definition) is 3. The Kier molecular flexibility index (Phi) is 7.13. The lowest BCUT2D eigenvalue weighted by Gasteiger charge is -2.23. The van der Waals surface area contributed by atoms with Crippen molar-refractivity contribution in [3.8, 4) is 0 Å². The van der Waals surface area contributed by atoms with Crippen molar-refractivity contribution in [3.63, 3.8) is 0 Å². The van der Waals surface area contributed by atoms with Crippen molar-refractivity contribution in [2.45, 2.75) is 76.7 Å². The third-order valence-electron chi connectivity index (χ3n) is 5.53. The molecule has 0 heterocycles. The maximum absolute atomic E-state index is 12.2. The van der Waals surface area contributed by atoms with E-state index in [-0.39, 0.29) is 24.4 Å². The average Bonchev–Trinajstić information content (AvgIpc) is 3.17. The first-order valence-electron chi connectivity index (χ1n) is 9.15. The molecule has 0 saturated heterocycles. The SMILES string of the molecule is C=CCCC[C@@H]1CCC[C@H]1OC(=O)C[C@H](C(=O)O)C1CCCC1. The van der Waals surface area contributed by atoms with Crippen LogP contribution in [0.1, 0.15) is 70.6 Å². The minimum Gasteiger partial charge on any atom is -0.481 e. The van der Waals surface area contributed by atoms with Crippen molar-refractivity contribution in [1.82, 2.24) is 0 Å². The lowest BCUT2D eigenvalue weighted by molar-refractivity contribution is -0.158. The standard InChI is InChI=1S/C19H30O4/c1-2-3-4-10-15-11-7-12-17(15)23-18(20)13-16(19(21)22)14-8-5-6-9-14/h2,14-17H,1,3-13H2,(H,21,22)/t15-,16+,17-/m1/s1. The van der Waals surface area contributed by atoms with Gasteiger partial charge in [-0.15, -0.1) is 6.58 Å². The van der Waals surface area contributed by atoms with Gasteiger partial charge in [0.05, 0.1) is 12.3 Å². The fourth-order valence-corrected chi connectivity index (χ4v) is 4.22. The summed E-state index contributed by atoms with van der Waals surface area (Å²) in [4.78, 5) is 23.7. The molecule has 23 heavy (non-hydrogen) atoms. The minimum absolute atomic E-state index is 0.00895. The van der Waals surface area contributed by atoms with Crippen molar-refractivity contribution in [2.75, 3.05) is 0 Å². The van der Waals surface area contributed by atoms with E-state index < -0.39 is 11.9 Å². The monoisotopic (exact) mass is 322 g/mol. The molecular weight excluding hydrogens is 292 g/mol. The van der Waals surface area contributed by atoms with Gasteiger partial charge in [-0.2, -0.15) is 0 Å². The van der Waals surface area contributed by atoms with Crippen LogP contribution in [-0.4, -0.2) is 23.1 Å². The summed E-state index contributed by atoms with van der Waals surface area (Å²) in [6, 6.07) is 0. The van der Waals surface area contributed by atoms with Crippen molar-refractivity contribution in [2.24, 2.45) is 17.8 Å². The highest BCUT2D eigenvalue weighted by Gasteiger charge is 2.35. The zero-order chi connectivity index (χ0) is 16.7. The lowest BCUT2D eigenvalue weighted by Crippen LogP contribution is -2.29. The van der Waals surface area contributed by atoms with Crippen LogP contribution in [0.15, 0.2) is 12.7 Å². The topological polar surface area (TPSA) is 63.6 Å². The molecule has 0 aromatic carbocycles. The Balaban J connectivity index is 1.82. The van der Waals surface area contributed by atoms with Gasteiger partial charge in [-0.25, -0.2) is 0 Å². The van der Waals surface area contributed by atoms with Gasteiger partial charge in [0.2, 0.25) is 0 Å². The second-order valence-corrected chi connectivity index (χ2v) is 7.13. The Morgan fingerprint density at radius 3 is 2.57 bits per heavy atom. The molecule has 4 heteroatoms.